The van der Waals surface area contributed by atoms with Crippen LogP contribution in [0.25, 0.3) is 32.3 Å². The van der Waals surface area contributed by atoms with E-state index in [0.29, 0.717) is 12.1 Å². The van der Waals surface area contributed by atoms with Gasteiger partial charge in [0.15, 0.2) is 0 Å². The van der Waals surface area contributed by atoms with Crippen LogP contribution in [0.1, 0.15) is 545 Å². The minimum absolute atomic E-state index is 0.336. The molecule has 4 rings (SSSR count). The minimum Gasteiger partial charge on any atom is -0.744 e. The number of unbranched alkanes of at least 4 members (excludes halogenated alkanes) is 60. The number of nitrogens with zero attached hydrogens (tertiary/aromatic N) is 4. The average Bonchev–Trinajstić information content (AvgIpc) is 0.701. The van der Waals surface area contributed by atoms with E-state index in [1.54, 1.807) is 0 Å². The normalized spacial score (nSPS) is 12.5. The molecule has 0 atom stereocenters. The molecule has 0 aromatic heterocycles. The summed E-state index contributed by atoms with van der Waals surface area (Å²) in [4.78, 5) is -4.63. The molecule has 4 aromatic carbocycles. The van der Waals surface area contributed by atoms with Crippen LogP contribution in [0.2, 0.25) is 0 Å². The lowest BCUT2D eigenvalue weighted by Crippen LogP contribution is -2.46. The van der Waals surface area contributed by atoms with E-state index >= 15 is 0 Å². The van der Waals surface area contributed by atoms with Crippen molar-refractivity contribution in [2.24, 2.45) is 0 Å². The van der Waals surface area contributed by atoms with Crippen molar-refractivity contribution in [3.63, 3.8) is 0 Å². The average molecular weight is 1990 g/mol. The lowest BCUT2D eigenvalue weighted by atomic mass is 9.94. The Labute approximate surface area is 844 Å². The van der Waals surface area contributed by atoms with Crippen LogP contribution >= 0.6 is 0 Å². The van der Waals surface area contributed by atoms with Gasteiger partial charge in [-0.1, -0.05) is 416 Å². The molecule has 0 N–H and O–H groups in total. The van der Waals surface area contributed by atoms with Gasteiger partial charge in [0.05, 0.1) is 126 Å². The van der Waals surface area contributed by atoms with Crippen LogP contribution in [0.3, 0.4) is 0 Å². The first-order valence-corrected chi connectivity index (χ1v) is 63.7. The third-order valence-electron chi connectivity index (χ3n) is 29.4. The van der Waals surface area contributed by atoms with Crippen molar-refractivity contribution in [1.29, 1.82) is 0 Å². The van der Waals surface area contributed by atoms with Gasteiger partial charge in [-0.3, -0.25) is 0 Å². The Kier molecular flexibility index (Phi) is 82.0. The van der Waals surface area contributed by atoms with Crippen LogP contribution in [0.4, 0.5) is 0 Å². The molecule has 136 heavy (non-hydrogen) atoms. The van der Waals surface area contributed by atoms with Gasteiger partial charge >= 0.3 is 0 Å². The Morgan fingerprint density at radius 3 is 0.338 bits per heavy atom. The molecule has 0 aliphatic rings. The standard InChI is InChI=1S/4C25H54N.C16H10O12S4/c4*1-5-8-11-14-17-20-23-26(4,24-21-18-15-12-9-6-2)25-22-19-16-13-10-7-3;17-29(18,19)11-5-13(31(23,24)25)9-3-4-10-14(32(26,27)28)6-12(30(20,21)22)8-2-1-7(11)15(9)16(8)10/h4*5-25H2,1-4H3;1-6H,(H,17,18,19)(H,20,21,22)(H,23,24,25)(H,26,27,28)/q4*+1;/p-4. The lowest BCUT2D eigenvalue weighted by molar-refractivity contribution is -0.910. The number of rotatable bonds is 88. The van der Waals surface area contributed by atoms with E-state index in [-0.39, 0.29) is 0 Å². The molecule has 0 aliphatic heterocycles. The first-order valence-electron chi connectivity index (χ1n) is 58.1. The molecule has 0 bridgehead atoms. The highest BCUT2D eigenvalue weighted by Crippen LogP contribution is 2.44. The Bertz CT molecular complexity index is 3260. The molecule has 0 radical (unpaired) electrons. The Balaban J connectivity index is 0.00000168. The van der Waals surface area contributed by atoms with Gasteiger partial charge in [-0.15, -0.1) is 0 Å². The zero-order chi connectivity index (χ0) is 101. The summed E-state index contributed by atoms with van der Waals surface area (Å²) >= 11 is 0. The largest absolute Gasteiger partial charge is 0.744 e. The van der Waals surface area contributed by atoms with Crippen LogP contribution in [-0.2, 0) is 40.5 Å². The number of quaternary nitrogens is 4. The van der Waals surface area contributed by atoms with Crippen LogP contribution in [0, 0.1) is 0 Å². The smallest absolute Gasteiger partial charge is 0.125 e. The fraction of sp³-hybridized carbons (Fsp3) is 0.862. The Morgan fingerprint density at radius 1 is 0.162 bits per heavy atom. The van der Waals surface area contributed by atoms with Crippen molar-refractivity contribution in [3.8, 4) is 0 Å². The van der Waals surface area contributed by atoms with Crippen molar-refractivity contribution in [2.75, 3.05) is 107 Å². The van der Waals surface area contributed by atoms with E-state index in [1.165, 1.54) is 559 Å². The lowest BCUT2D eigenvalue weighted by Gasteiger charge is -2.35. The van der Waals surface area contributed by atoms with Gasteiger partial charge in [0.1, 0.15) is 40.5 Å². The van der Waals surface area contributed by atoms with Gasteiger partial charge in [-0.25, -0.2) is 33.7 Å². The highest BCUT2D eigenvalue weighted by Gasteiger charge is 2.28. The first kappa shape index (κ1) is 133. The van der Waals surface area contributed by atoms with Crippen molar-refractivity contribution >= 4 is 72.8 Å². The molecule has 0 spiro atoms. The summed E-state index contributed by atoms with van der Waals surface area (Å²) in [5.74, 6) is 0. The summed E-state index contributed by atoms with van der Waals surface area (Å²) in [5, 5.41) is -2.90. The number of hydrogen-bond donors (Lipinski definition) is 0. The zero-order valence-electron chi connectivity index (χ0n) is 92.2. The van der Waals surface area contributed by atoms with Crippen LogP contribution in [-0.4, -0.2) is 177 Å². The SMILES string of the molecule is CCCCCCCC[N+](C)(CCCCCCCC)CCCCCCCC.CCCCCCCC[N+](C)(CCCCCCCC)CCCCCCCC.CCCCCCCC[N+](C)(CCCCCCCC)CCCCCCCC.CCCCCCCC[N+](C)(CCCCCCCC)CCCCCCCC.O=S(=O)([O-])c1cc(S(=O)(=O)[O-])c2ccc3c(S(=O)(=O)[O-])cc(S(=O)(=O)[O-])c4ccc1c2c43. The molecule has 0 amide bonds. The molecule has 0 fully saturated rings. The van der Waals surface area contributed by atoms with E-state index < -0.39 is 92.4 Å². The third kappa shape index (κ3) is 66.4. The Hall–Kier alpha value is -2.60. The predicted molar refractivity (Wildman–Crippen MR) is 586 cm³/mol. The second-order valence-electron chi connectivity index (χ2n) is 43.0. The summed E-state index contributed by atoms with van der Waals surface area (Å²) < 4.78 is 147. The number of benzene rings is 4. The molecular weight excluding hydrogens is 1770 g/mol. The van der Waals surface area contributed by atoms with E-state index in [0.717, 1.165) is 24.3 Å². The van der Waals surface area contributed by atoms with Crippen molar-refractivity contribution in [1.82, 2.24) is 0 Å². The fourth-order valence-electron chi connectivity index (χ4n) is 20.3. The quantitative estimate of drug-likeness (QED) is 0.0174. The molecule has 0 aliphatic carbocycles. The van der Waals surface area contributed by atoms with Crippen LogP contribution in [0.5, 0.6) is 0 Å². The van der Waals surface area contributed by atoms with Gasteiger partial charge in [0.25, 0.3) is 0 Å². The summed E-state index contributed by atoms with van der Waals surface area (Å²) in [6.45, 7) is 44.9. The summed E-state index contributed by atoms with van der Waals surface area (Å²) in [6.07, 6.45) is 103. The molecule has 4 aromatic rings. The topological polar surface area (TPSA) is 229 Å². The maximum Gasteiger partial charge on any atom is 0.125 e. The van der Waals surface area contributed by atoms with Crippen LogP contribution < -0.4 is 0 Å². The summed E-state index contributed by atoms with van der Waals surface area (Å²) in [7, 11) is -11.4. The van der Waals surface area contributed by atoms with E-state index in [1.807, 2.05) is 0 Å². The van der Waals surface area contributed by atoms with Crippen molar-refractivity contribution in [3.05, 3.63) is 36.4 Å². The first-order chi connectivity index (χ1) is 65.1. The van der Waals surface area contributed by atoms with Crippen molar-refractivity contribution in [2.45, 2.75) is 565 Å². The highest BCUT2D eigenvalue weighted by atomic mass is 32.2. The molecule has 16 nitrogen and oxygen atoms in total. The second-order valence-corrected chi connectivity index (χ2v) is 48.4. The van der Waals surface area contributed by atoms with E-state index in [9.17, 15) is 51.9 Å². The Morgan fingerprint density at radius 2 is 0.250 bits per heavy atom. The van der Waals surface area contributed by atoms with Gasteiger partial charge in [0.2, 0.25) is 0 Å². The summed E-state index contributed by atoms with van der Waals surface area (Å²) in [5.41, 5.74) is 0. The molecular formula is C116H222N4O12S4. The van der Waals surface area contributed by atoms with Gasteiger partial charge in [0, 0.05) is 21.5 Å². The van der Waals surface area contributed by atoms with Crippen molar-refractivity contribution < 1.29 is 69.8 Å². The second kappa shape index (κ2) is 83.6. The molecule has 802 valence electrons. The fourth-order valence-corrected chi connectivity index (χ4v) is 23.3. The third-order valence-corrected chi connectivity index (χ3v) is 32.9. The predicted octanol–water partition coefficient (Wildman–Crippen LogP) is 34.3. The monoisotopic (exact) mass is 1990 g/mol. The van der Waals surface area contributed by atoms with Gasteiger partial charge in [-0.05, 0) is 177 Å². The van der Waals surface area contributed by atoms with E-state index in [4.69, 9.17) is 0 Å². The summed E-state index contributed by atoms with van der Waals surface area (Å²) in [6, 6.07) is 4.27. The zero-order valence-corrected chi connectivity index (χ0v) is 95.4. The van der Waals surface area contributed by atoms with E-state index in [2.05, 4.69) is 111 Å². The molecule has 20 heteroatoms. The van der Waals surface area contributed by atoms with Crippen LogP contribution in [0.15, 0.2) is 56.0 Å². The molecule has 0 unspecified atom stereocenters. The van der Waals surface area contributed by atoms with Gasteiger partial charge < -0.3 is 36.1 Å². The molecule has 0 saturated heterocycles. The van der Waals surface area contributed by atoms with Gasteiger partial charge in [-0.2, -0.15) is 0 Å². The highest BCUT2D eigenvalue weighted by molar-refractivity contribution is 7.87. The number of hydrogen-bond acceptors (Lipinski definition) is 12. The maximum atomic E-state index is 11.8. The maximum absolute atomic E-state index is 11.8. The molecule has 0 heterocycles. The minimum atomic E-state index is -5.40. The molecule has 0 saturated carbocycles.